The van der Waals surface area contributed by atoms with E-state index in [1.165, 1.54) is 5.56 Å². The molecule has 0 bridgehead atoms. The first-order chi connectivity index (χ1) is 11.9. The van der Waals surface area contributed by atoms with Crippen LogP contribution in [0.5, 0.6) is 0 Å². The summed E-state index contributed by atoms with van der Waals surface area (Å²) in [5.74, 6) is 0.132. The molecular weight excluding hydrogens is 318 g/mol. The Hall–Kier alpha value is -2.96. The molecule has 130 valence electrons. The summed E-state index contributed by atoms with van der Waals surface area (Å²) in [4.78, 5) is 12.2. The first-order valence-corrected chi connectivity index (χ1v) is 8.17. The summed E-state index contributed by atoms with van der Waals surface area (Å²) in [5.41, 5.74) is 3.95. The quantitative estimate of drug-likeness (QED) is 0.771. The van der Waals surface area contributed by atoms with Gasteiger partial charge in [0.05, 0.1) is 6.42 Å². The molecule has 0 saturated heterocycles. The molecule has 25 heavy (non-hydrogen) atoms. The molecule has 0 aliphatic rings. The van der Waals surface area contributed by atoms with Crippen molar-refractivity contribution in [3.8, 4) is 11.6 Å². The molecule has 0 spiro atoms. The second kappa shape index (κ2) is 6.88. The van der Waals surface area contributed by atoms with E-state index in [2.05, 4.69) is 26.7 Å². The molecule has 7 heteroatoms. The normalized spacial score (nSPS) is 11.1. The number of nitrogens with one attached hydrogen (secondary N) is 1. The van der Waals surface area contributed by atoms with Gasteiger partial charge in [-0.25, -0.2) is 0 Å². The maximum atomic E-state index is 12.2. The Morgan fingerprint density at radius 2 is 2.04 bits per heavy atom. The summed E-state index contributed by atoms with van der Waals surface area (Å²) >= 11 is 0. The molecule has 2 aromatic heterocycles. The fourth-order valence-electron chi connectivity index (χ4n) is 2.65. The highest BCUT2D eigenvalue weighted by molar-refractivity contribution is 5.90. The summed E-state index contributed by atoms with van der Waals surface area (Å²) in [6.45, 7) is 8.05. The molecule has 0 radical (unpaired) electrons. The zero-order valence-electron chi connectivity index (χ0n) is 14.8. The van der Waals surface area contributed by atoms with Crippen LogP contribution in [-0.4, -0.2) is 25.9 Å². The number of rotatable bonds is 5. The Morgan fingerprint density at radius 3 is 2.76 bits per heavy atom. The topological polar surface area (TPSA) is 85.8 Å². The predicted molar refractivity (Wildman–Crippen MR) is 94.2 cm³/mol. The van der Waals surface area contributed by atoms with Crippen LogP contribution in [0.2, 0.25) is 0 Å². The van der Waals surface area contributed by atoms with E-state index in [9.17, 15) is 4.79 Å². The summed E-state index contributed by atoms with van der Waals surface area (Å²) in [6.07, 6.45) is 1.94. The van der Waals surface area contributed by atoms with Gasteiger partial charge < -0.3 is 4.42 Å². The highest BCUT2D eigenvalue weighted by Gasteiger charge is 2.16. The van der Waals surface area contributed by atoms with Crippen molar-refractivity contribution >= 4 is 11.9 Å². The molecule has 3 rings (SSSR count). The van der Waals surface area contributed by atoms with E-state index in [0.717, 1.165) is 16.8 Å². The van der Waals surface area contributed by atoms with Crippen LogP contribution in [0.25, 0.3) is 11.6 Å². The molecule has 0 saturated carbocycles. The van der Waals surface area contributed by atoms with Crippen LogP contribution >= 0.6 is 0 Å². The van der Waals surface area contributed by atoms with Crippen molar-refractivity contribution in [2.75, 3.05) is 5.32 Å². The van der Waals surface area contributed by atoms with Crippen LogP contribution < -0.4 is 5.32 Å². The Morgan fingerprint density at radius 1 is 1.24 bits per heavy atom. The fraction of sp³-hybridized carbons (Fsp3) is 0.333. The third kappa shape index (κ3) is 3.76. The van der Waals surface area contributed by atoms with E-state index in [-0.39, 0.29) is 24.4 Å². The van der Waals surface area contributed by atoms with Crippen LogP contribution in [0.4, 0.5) is 6.01 Å². The smallest absolute Gasteiger partial charge is 0.322 e. The van der Waals surface area contributed by atoms with Gasteiger partial charge in [0.1, 0.15) is 5.69 Å². The van der Waals surface area contributed by atoms with Crippen LogP contribution in [0.15, 0.2) is 34.9 Å². The summed E-state index contributed by atoms with van der Waals surface area (Å²) in [5, 5.41) is 14.8. The Kier molecular flexibility index (Phi) is 4.65. The number of anilines is 1. The van der Waals surface area contributed by atoms with Crippen molar-refractivity contribution in [1.82, 2.24) is 20.0 Å². The first-order valence-electron chi connectivity index (χ1n) is 8.17. The monoisotopic (exact) mass is 339 g/mol. The number of carbonyl (C=O) groups excluding carboxylic acids is 1. The van der Waals surface area contributed by atoms with Crippen LogP contribution in [0, 0.1) is 13.8 Å². The van der Waals surface area contributed by atoms with E-state index in [1.54, 1.807) is 16.9 Å². The molecular formula is C18H21N5O2. The van der Waals surface area contributed by atoms with E-state index >= 15 is 0 Å². The molecule has 0 unspecified atom stereocenters. The molecule has 0 atom stereocenters. The van der Waals surface area contributed by atoms with Gasteiger partial charge in [0.25, 0.3) is 5.89 Å². The molecule has 2 heterocycles. The average molecular weight is 339 g/mol. The molecule has 0 aliphatic heterocycles. The van der Waals surface area contributed by atoms with Crippen molar-refractivity contribution in [2.24, 2.45) is 0 Å². The summed E-state index contributed by atoms with van der Waals surface area (Å²) in [7, 11) is 0. The zero-order chi connectivity index (χ0) is 18.0. The van der Waals surface area contributed by atoms with Crippen molar-refractivity contribution in [3.63, 3.8) is 0 Å². The van der Waals surface area contributed by atoms with Crippen LogP contribution in [0.3, 0.4) is 0 Å². The van der Waals surface area contributed by atoms with Crippen LogP contribution in [0.1, 0.15) is 36.6 Å². The number of aromatic nitrogens is 4. The second-order valence-electron chi connectivity index (χ2n) is 6.32. The van der Waals surface area contributed by atoms with Gasteiger partial charge in [-0.1, -0.05) is 28.9 Å². The minimum absolute atomic E-state index is 0.0845. The van der Waals surface area contributed by atoms with Gasteiger partial charge in [-0.3, -0.25) is 14.8 Å². The lowest BCUT2D eigenvalue weighted by molar-refractivity contribution is -0.115. The summed E-state index contributed by atoms with van der Waals surface area (Å²) in [6, 6.07) is 8.06. The second-order valence-corrected chi connectivity index (χ2v) is 6.32. The number of amides is 1. The number of aryl methyl sites for hydroxylation is 2. The van der Waals surface area contributed by atoms with Crippen molar-refractivity contribution in [2.45, 2.75) is 40.2 Å². The highest BCUT2D eigenvalue weighted by atomic mass is 16.4. The SMILES string of the molecule is Cc1ccc(CC(=O)Nc2nnc(-c3ccnn3C(C)C)o2)c(C)c1. The Bertz CT molecular complexity index is 895. The number of nitrogens with zero attached hydrogens (tertiary/aromatic N) is 4. The minimum atomic E-state index is -0.195. The average Bonchev–Trinajstić information content (AvgIpc) is 3.18. The molecule has 0 aliphatic carbocycles. The number of benzene rings is 1. The van der Waals surface area contributed by atoms with Crippen molar-refractivity contribution in [3.05, 3.63) is 47.2 Å². The Balaban J connectivity index is 1.70. The van der Waals surface area contributed by atoms with E-state index in [4.69, 9.17) is 4.42 Å². The van der Waals surface area contributed by atoms with Crippen LogP contribution in [-0.2, 0) is 11.2 Å². The fourth-order valence-corrected chi connectivity index (χ4v) is 2.65. The van der Waals surface area contributed by atoms with Gasteiger partial charge in [0.2, 0.25) is 5.91 Å². The minimum Gasteiger partial charge on any atom is -0.401 e. The summed E-state index contributed by atoms with van der Waals surface area (Å²) < 4.78 is 7.35. The van der Waals surface area contributed by atoms with Gasteiger partial charge in [-0.2, -0.15) is 5.10 Å². The molecule has 1 amide bonds. The third-order valence-corrected chi connectivity index (χ3v) is 3.90. The molecule has 1 N–H and O–H groups in total. The first kappa shape index (κ1) is 16.9. The van der Waals surface area contributed by atoms with Gasteiger partial charge >= 0.3 is 6.01 Å². The van der Waals surface area contributed by atoms with E-state index < -0.39 is 0 Å². The zero-order valence-corrected chi connectivity index (χ0v) is 14.8. The van der Waals surface area contributed by atoms with Gasteiger partial charge in [-0.05, 0) is 44.9 Å². The molecule has 3 aromatic rings. The van der Waals surface area contributed by atoms with Gasteiger partial charge in [-0.15, -0.1) is 5.10 Å². The lowest BCUT2D eigenvalue weighted by atomic mass is 10.0. The maximum Gasteiger partial charge on any atom is 0.322 e. The molecule has 7 nitrogen and oxygen atoms in total. The van der Waals surface area contributed by atoms with E-state index in [0.29, 0.717) is 5.89 Å². The largest absolute Gasteiger partial charge is 0.401 e. The number of hydrogen-bond acceptors (Lipinski definition) is 5. The lowest BCUT2D eigenvalue weighted by Gasteiger charge is -2.07. The van der Waals surface area contributed by atoms with Gasteiger partial charge in [0.15, 0.2) is 0 Å². The third-order valence-electron chi connectivity index (χ3n) is 3.90. The predicted octanol–water partition coefficient (Wildman–Crippen LogP) is 3.31. The van der Waals surface area contributed by atoms with E-state index in [1.807, 2.05) is 39.8 Å². The highest BCUT2D eigenvalue weighted by Crippen LogP contribution is 2.22. The standard InChI is InChI=1S/C18H21N5O2/c1-11(2)23-15(7-8-19-23)17-21-22-18(25-17)20-16(24)10-14-6-5-12(3)9-13(14)4/h5-9,11H,10H2,1-4H3,(H,20,22,24). The lowest BCUT2D eigenvalue weighted by Crippen LogP contribution is -2.15. The Labute approximate surface area is 146 Å². The number of carbonyl (C=O) groups is 1. The van der Waals surface area contributed by atoms with Crippen molar-refractivity contribution in [1.29, 1.82) is 0 Å². The van der Waals surface area contributed by atoms with Crippen molar-refractivity contribution < 1.29 is 9.21 Å². The number of hydrogen-bond donors (Lipinski definition) is 1. The molecule has 0 fully saturated rings. The van der Waals surface area contributed by atoms with Gasteiger partial charge in [0, 0.05) is 12.2 Å². The maximum absolute atomic E-state index is 12.2. The molecule has 1 aromatic carbocycles.